The van der Waals surface area contributed by atoms with Gasteiger partial charge in [-0.2, -0.15) is 0 Å². The number of aryl methyl sites for hydroxylation is 2. The predicted octanol–water partition coefficient (Wildman–Crippen LogP) is 4.33. The highest BCUT2D eigenvalue weighted by molar-refractivity contribution is 6.40. The molecule has 7 heteroatoms. The van der Waals surface area contributed by atoms with Crippen LogP contribution in [0.4, 0.5) is 0 Å². The summed E-state index contributed by atoms with van der Waals surface area (Å²) >= 11 is 12.0. The summed E-state index contributed by atoms with van der Waals surface area (Å²) in [4.78, 5) is 25.9. The van der Waals surface area contributed by atoms with Gasteiger partial charge < -0.3 is 9.84 Å². The van der Waals surface area contributed by atoms with Crippen LogP contribution in [-0.4, -0.2) is 35.0 Å². The molecule has 5 nitrogen and oxygen atoms in total. The Balaban J connectivity index is 1.73. The van der Waals surface area contributed by atoms with Gasteiger partial charge in [0.1, 0.15) is 12.4 Å². The number of carbonyl (C=O) groups excluding carboxylic acids is 2. The zero-order valence-corrected chi connectivity index (χ0v) is 16.3. The number of benzene rings is 2. The summed E-state index contributed by atoms with van der Waals surface area (Å²) in [5, 5.41) is 10.7. The van der Waals surface area contributed by atoms with Crippen LogP contribution in [0.3, 0.4) is 0 Å². The first kappa shape index (κ1) is 19.3. The van der Waals surface area contributed by atoms with E-state index < -0.39 is 17.6 Å². The summed E-state index contributed by atoms with van der Waals surface area (Å²) in [5.41, 5.74) is 2.23. The minimum absolute atomic E-state index is 0.00340. The Morgan fingerprint density at radius 2 is 1.67 bits per heavy atom. The molecule has 140 valence electrons. The fraction of sp³-hybridized carbons (Fsp3) is 0.200. The lowest BCUT2D eigenvalue weighted by atomic mass is 10.1. The molecular formula is C20H17Cl2NO4. The molecule has 0 bridgehead atoms. The monoisotopic (exact) mass is 405 g/mol. The largest absolute Gasteiger partial charge is 0.502 e. The van der Waals surface area contributed by atoms with Gasteiger partial charge in [0.25, 0.3) is 11.8 Å². The molecule has 0 atom stereocenters. The SMILES string of the molecule is Cc1cc(C)cc(OCCN2C(=O)C(O)=C(c3ccc(Cl)cc3Cl)C2=O)c1. The molecule has 1 aliphatic heterocycles. The second-order valence-electron chi connectivity index (χ2n) is 6.28. The highest BCUT2D eigenvalue weighted by atomic mass is 35.5. The zero-order valence-electron chi connectivity index (χ0n) is 14.8. The summed E-state index contributed by atoms with van der Waals surface area (Å²) in [6.07, 6.45) is 0. The van der Waals surface area contributed by atoms with Crippen LogP contribution in [0.15, 0.2) is 42.2 Å². The van der Waals surface area contributed by atoms with Crippen molar-refractivity contribution in [2.24, 2.45) is 0 Å². The Labute approximate surface area is 166 Å². The summed E-state index contributed by atoms with van der Waals surface area (Å²) in [7, 11) is 0. The zero-order chi connectivity index (χ0) is 19.7. The lowest BCUT2D eigenvalue weighted by Gasteiger charge is -2.15. The normalized spacial score (nSPS) is 14.3. The van der Waals surface area contributed by atoms with Gasteiger partial charge in [-0.15, -0.1) is 0 Å². The summed E-state index contributed by atoms with van der Waals surface area (Å²) < 4.78 is 5.65. The first-order valence-electron chi connectivity index (χ1n) is 8.24. The molecule has 0 aliphatic carbocycles. The third-order valence-electron chi connectivity index (χ3n) is 4.12. The van der Waals surface area contributed by atoms with Gasteiger partial charge in [-0.1, -0.05) is 35.3 Å². The van der Waals surface area contributed by atoms with Gasteiger partial charge >= 0.3 is 0 Å². The van der Waals surface area contributed by atoms with Gasteiger partial charge in [0.05, 0.1) is 17.1 Å². The van der Waals surface area contributed by atoms with Gasteiger partial charge in [-0.05, 0) is 49.2 Å². The van der Waals surface area contributed by atoms with E-state index in [4.69, 9.17) is 27.9 Å². The van der Waals surface area contributed by atoms with Crippen molar-refractivity contribution in [1.29, 1.82) is 0 Å². The van der Waals surface area contributed by atoms with Crippen molar-refractivity contribution < 1.29 is 19.4 Å². The Bertz CT molecular complexity index is 948. The topological polar surface area (TPSA) is 66.8 Å². The van der Waals surface area contributed by atoms with Crippen molar-refractivity contribution in [3.05, 3.63) is 68.9 Å². The number of aliphatic hydroxyl groups is 1. The van der Waals surface area contributed by atoms with E-state index in [0.717, 1.165) is 16.0 Å². The number of aliphatic hydroxyl groups excluding tert-OH is 1. The van der Waals surface area contributed by atoms with Crippen LogP contribution in [0.1, 0.15) is 16.7 Å². The van der Waals surface area contributed by atoms with Crippen LogP contribution in [0.25, 0.3) is 5.57 Å². The number of amides is 2. The highest BCUT2D eigenvalue weighted by Crippen LogP contribution is 2.33. The molecule has 1 aliphatic rings. The quantitative estimate of drug-likeness (QED) is 0.751. The van der Waals surface area contributed by atoms with Gasteiger partial charge in [0.2, 0.25) is 0 Å². The molecule has 2 aromatic carbocycles. The molecule has 1 heterocycles. The molecule has 3 rings (SSSR count). The molecular weight excluding hydrogens is 389 g/mol. The average molecular weight is 406 g/mol. The van der Waals surface area contributed by atoms with Crippen LogP contribution in [0.5, 0.6) is 5.75 Å². The molecule has 0 saturated carbocycles. The fourth-order valence-electron chi connectivity index (χ4n) is 2.97. The van der Waals surface area contributed by atoms with Crippen LogP contribution in [0.2, 0.25) is 10.0 Å². The van der Waals surface area contributed by atoms with Gasteiger partial charge in [0.15, 0.2) is 5.76 Å². The van der Waals surface area contributed by atoms with E-state index in [1.165, 1.54) is 18.2 Å². The fourth-order valence-corrected chi connectivity index (χ4v) is 3.48. The molecule has 0 fully saturated rings. The number of rotatable bonds is 5. The smallest absolute Gasteiger partial charge is 0.296 e. The van der Waals surface area contributed by atoms with Crippen LogP contribution < -0.4 is 4.74 Å². The maximum Gasteiger partial charge on any atom is 0.296 e. The maximum atomic E-state index is 12.7. The van der Waals surface area contributed by atoms with Crippen LogP contribution in [-0.2, 0) is 9.59 Å². The number of imide groups is 1. The molecule has 0 saturated heterocycles. The first-order chi connectivity index (χ1) is 12.8. The van der Waals surface area contributed by atoms with Crippen molar-refractivity contribution in [2.75, 3.05) is 13.2 Å². The van der Waals surface area contributed by atoms with E-state index in [1.807, 2.05) is 32.0 Å². The summed E-state index contributed by atoms with van der Waals surface area (Å²) in [5.74, 6) is -1.36. The second-order valence-corrected chi connectivity index (χ2v) is 7.13. The van der Waals surface area contributed by atoms with E-state index in [-0.39, 0.29) is 29.3 Å². The standard InChI is InChI=1S/C20H17Cl2NO4/c1-11-7-12(2)9-14(8-11)27-6-5-23-19(25)17(18(24)20(23)26)15-4-3-13(21)10-16(15)22/h3-4,7-10,24H,5-6H2,1-2H3. The number of ether oxygens (including phenoxy) is 1. The number of nitrogens with zero attached hydrogens (tertiary/aromatic N) is 1. The lowest BCUT2D eigenvalue weighted by Crippen LogP contribution is -2.35. The van der Waals surface area contributed by atoms with Gasteiger partial charge in [0, 0.05) is 10.6 Å². The molecule has 1 N–H and O–H groups in total. The first-order valence-corrected chi connectivity index (χ1v) is 8.99. The van der Waals surface area contributed by atoms with Crippen molar-refractivity contribution in [3.8, 4) is 5.75 Å². The van der Waals surface area contributed by atoms with E-state index in [9.17, 15) is 14.7 Å². The van der Waals surface area contributed by atoms with Crippen LogP contribution in [0, 0.1) is 13.8 Å². The van der Waals surface area contributed by atoms with Crippen molar-refractivity contribution >= 4 is 40.6 Å². The molecule has 2 amide bonds. The van der Waals surface area contributed by atoms with Crippen molar-refractivity contribution in [1.82, 2.24) is 4.90 Å². The molecule has 2 aromatic rings. The van der Waals surface area contributed by atoms with E-state index in [2.05, 4.69) is 0 Å². The Morgan fingerprint density at radius 3 is 2.30 bits per heavy atom. The van der Waals surface area contributed by atoms with Crippen molar-refractivity contribution in [3.63, 3.8) is 0 Å². The number of hydrogen-bond donors (Lipinski definition) is 1. The van der Waals surface area contributed by atoms with Gasteiger partial charge in [-0.25, -0.2) is 0 Å². The Hall–Kier alpha value is -2.50. The average Bonchev–Trinajstić information content (AvgIpc) is 2.78. The minimum atomic E-state index is -0.773. The number of carbonyl (C=O) groups is 2. The van der Waals surface area contributed by atoms with Gasteiger partial charge in [-0.3, -0.25) is 14.5 Å². The predicted molar refractivity (Wildman–Crippen MR) is 104 cm³/mol. The third kappa shape index (κ3) is 3.94. The van der Waals surface area contributed by atoms with E-state index in [0.29, 0.717) is 10.8 Å². The highest BCUT2D eigenvalue weighted by Gasteiger charge is 2.39. The van der Waals surface area contributed by atoms with Crippen molar-refractivity contribution in [2.45, 2.75) is 13.8 Å². The Kier molecular flexibility index (Phi) is 5.44. The van der Waals surface area contributed by atoms with Crippen LogP contribution >= 0.6 is 23.2 Å². The summed E-state index contributed by atoms with van der Waals surface area (Å²) in [6.45, 7) is 4.02. The summed E-state index contributed by atoms with van der Waals surface area (Å²) in [6, 6.07) is 10.2. The number of halogens is 2. The Morgan fingerprint density at radius 1 is 1.00 bits per heavy atom. The molecule has 27 heavy (non-hydrogen) atoms. The second kappa shape index (κ2) is 7.62. The molecule has 0 unspecified atom stereocenters. The number of hydrogen-bond acceptors (Lipinski definition) is 4. The molecule has 0 aromatic heterocycles. The third-order valence-corrected chi connectivity index (χ3v) is 4.67. The molecule has 0 spiro atoms. The van der Waals surface area contributed by atoms with E-state index in [1.54, 1.807) is 0 Å². The molecule has 0 radical (unpaired) electrons. The minimum Gasteiger partial charge on any atom is -0.502 e. The maximum absolute atomic E-state index is 12.7. The van der Waals surface area contributed by atoms with E-state index >= 15 is 0 Å². The lowest BCUT2D eigenvalue weighted by molar-refractivity contribution is -0.138.